The van der Waals surface area contributed by atoms with E-state index in [4.69, 9.17) is 10.5 Å². The Morgan fingerprint density at radius 1 is 1.15 bits per heavy atom. The van der Waals surface area contributed by atoms with Crippen molar-refractivity contribution in [2.75, 3.05) is 0 Å². The van der Waals surface area contributed by atoms with Gasteiger partial charge < -0.3 is 15.0 Å². The Kier molecular flexibility index (Phi) is 3.27. The molecule has 0 bridgehead atoms. The molecule has 26 heavy (non-hydrogen) atoms. The number of nitrogens with zero attached hydrogens (tertiary/aromatic N) is 5. The molecule has 7 heteroatoms. The molecule has 3 aliphatic rings. The van der Waals surface area contributed by atoms with Crippen LogP contribution in [0.4, 0.5) is 0 Å². The molecule has 0 spiro atoms. The minimum Gasteiger partial charge on any atom is -0.359 e. The number of hydrogen-bond donors (Lipinski definition) is 1. The second-order valence-electron chi connectivity index (χ2n) is 9.19. The van der Waals surface area contributed by atoms with E-state index < -0.39 is 0 Å². The molecule has 2 saturated carbocycles. The molecule has 2 fully saturated rings. The number of rotatable bonds is 4. The van der Waals surface area contributed by atoms with Crippen molar-refractivity contribution in [3.8, 4) is 0 Å². The number of fused-ring (bicyclic) bond motifs is 1. The van der Waals surface area contributed by atoms with E-state index in [1.165, 1.54) is 18.4 Å². The summed E-state index contributed by atoms with van der Waals surface area (Å²) in [6.07, 6.45) is 6.44. The zero-order chi connectivity index (χ0) is 18.3. The average Bonchev–Trinajstić information content (AvgIpc) is 3.04. The quantitative estimate of drug-likeness (QED) is 0.910. The van der Waals surface area contributed by atoms with Gasteiger partial charge in [-0.15, -0.1) is 10.2 Å². The lowest BCUT2D eigenvalue weighted by atomic mass is 9.80. The van der Waals surface area contributed by atoms with Gasteiger partial charge in [0.15, 0.2) is 5.82 Å². The third kappa shape index (κ3) is 2.36. The molecule has 0 radical (unpaired) electrons. The summed E-state index contributed by atoms with van der Waals surface area (Å²) in [6.45, 7) is 9.09. The monoisotopic (exact) mass is 356 g/mol. The lowest BCUT2D eigenvalue weighted by Crippen LogP contribution is -2.36. The number of hydrogen-bond acceptors (Lipinski definition) is 5. The molecule has 2 N–H and O–H groups in total. The first kappa shape index (κ1) is 16.4. The Balaban J connectivity index is 1.50. The van der Waals surface area contributed by atoms with Gasteiger partial charge in [-0.05, 0) is 53.4 Å². The maximum Gasteiger partial charge on any atom is 0.155 e. The fourth-order valence-corrected chi connectivity index (χ4v) is 4.78. The predicted octanol–water partition coefficient (Wildman–Crippen LogP) is 2.56. The Morgan fingerprint density at radius 3 is 2.54 bits per heavy atom. The summed E-state index contributed by atoms with van der Waals surface area (Å²) in [4.78, 5) is 0. The van der Waals surface area contributed by atoms with Gasteiger partial charge in [-0.3, -0.25) is 4.68 Å². The van der Waals surface area contributed by atoms with Crippen molar-refractivity contribution in [1.82, 2.24) is 24.5 Å². The van der Waals surface area contributed by atoms with Gasteiger partial charge in [0.2, 0.25) is 0 Å². The minimum absolute atomic E-state index is 0.311. The number of ether oxygens (including phenoxy) is 1. The standard InChI is InChI=1S/C19H28N6O/c1-18(2)14-9-21-24(16(14)19(3,4)26-18)10-15-22-23-17(11-7-12(20)8-11)25(15)13-5-6-13/h9,11-13H,5-8,10,20H2,1-4H3. The highest BCUT2D eigenvalue weighted by molar-refractivity contribution is 5.34. The molecule has 0 saturated heterocycles. The SMILES string of the molecule is CC1(C)OC(C)(C)c2c1cnn2Cc1nnc(C2CC(N)C2)n1C1CC1. The second kappa shape index (κ2) is 5.16. The van der Waals surface area contributed by atoms with Gasteiger partial charge in [0.25, 0.3) is 0 Å². The molecule has 140 valence electrons. The van der Waals surface area contributed by atoms with E-state index in [9.17, 15) is 0 Å². The molecular formula is C19H28N6O. The van der Waals surface area contributed by atoms with Crippen LogP contribution in [0, 0.1) is 0 Å². The van der Waals surface area contributed by atoms with E-state index in [-0.39, 0.29) is 11.2 Å². The number of nitrogens with two attached hydrogens (primary N) is 1. The van der Waals surface area contributed by atoms with Gasteiger partial charge in [0, 0.05) is 23.6 Å². The first-order valence-corrected chi connectivity index (χ1v) is 9.72. The molecule has 0 aromatic carbocycles. The molecule has 0 unspecified atom stereocenters. The predicted molar refractivity (Wildman–Crippen MR) is 96.7 cm³/mol. The van der Waals surface area contributed by atoms with Gasteiger partial charge in [0.05, 0.1) is 17.5 Å². The smallest absolute Gasteiger partial charge is 0.155 e. The van der Waals surface area contributed by atoms with Gasteiger partial charge in [-0.25, -0.2) is 0 Å². The first-order valence-electron chi connectivity index (χ1n) is 9.72. The topological polar surface area (TPSA) is 83.8 Å². The molecule has 2 aromatic rings. The number of aromatic nitrogens is 5. The fourth-order valence-electron chi connectivity index (χ4n) is 4.78. The summed E-state index contributed by atoms with van der Waals surface area (Å²) in [7, 11) is 0. The molecule has 0 amide bonds. The van der Waals surface area contributed by atoms with E-state index in [1.54, 1.807) is 0 Å². The normalized spacial score (nSPS) is 28.8. The van der Waals surface area contributed by atoms with Crippen molar-refractivity contribution in [2.24, 2.45) is 5.73 Å². The lowest BCUT2D eigenvalue weighted by Gasteiger charge is -2.32. The van der Waals surface area contributed by atoms with Crippen LogP contribution in [0.3, 0.4) is 0 Å². The van der Waals surface area contributed by atoms with E-state index in [2.05, 4.69) is 52.2 Å². The second-order valence-corrected chi connectivity index (χ2v) is 9.19. The molecule has 2 aromatic heterocycles. The van der Waals surface area contributed by atoms with E-state index in [0.717, 1.165) is 30.2 Å². The minimum atomic E-state index is -0.358. The fraction of sp³-hybridized carbons (Fsp3) is 0.737. The molecule has 0 atom stereocenters. The van der Waals surface area contributed by atoms with Crippen LogP contribution in [0.1, 0.15) is 88.2 Å². The van der Waals surface area contributed by atoms with Crippen LogP contribution < -0.4 is 5.73 Å². The highest BCUT2D eigenvalue weighted by Crippen LogP contribution is 2.47. The van der Waals surface area contributed by atoms with Crippen LogP contribution in [0.2, 0.25) is 0 Å². The summed E-state index contributed by atoms with van der Waals surface area (Å²) in [6, 6.07) is 0.874. The van der Waals surface area contributed by atoms with Gasteiger partial charge in [-0.1, -0.05) is 0 Å². The van der Waals surface area contributed by atoms with Crippen molar-refractivity contribution in [2.45, 2.75) is 89.1 Å². The highest BCUT2D eigenvalue weighted by atomic mass is 16.5. The highest BCUT2D eigenvalue weighted by Gasteiger charge is 2.46. The van der Waals surface area contributed by atoms with Gasteiger partial charge in [-0.2, -0.15) is 5.10 Å². The third-order valence-electron chi connectivity index (χ3n) is 6.10. The Hall–Kier alpha value is -1.73. The van der Waals surface area contributed by atoms with Crippen LogP contribution in [0.15, 0.2) is 6.20 Å². The van der Waals surface area contributed by atoms with Crippen LogP contribution in [-0.2, 0) is 22.5 Å². The van der Waals surface area contributed by atoms with Gasteiger partial charge >= 0.3 is 0 Å². The van der Waals surface area contributed by atoms with Crippen LogP contribution in [-0.4, -0.2) is 30.6 Å². The largest absolute Gasteiger partial charge is 0.359 e. The Morgan fingerprint density at radius 2 is 1.88 bits per heavy atom. The molecule has 1 aliphatic heterocycles. The summed E-state index contributed by atoms with van der Waals surface area (Å²) < 4.78 is 10.7. The lowest BCUT2D eigenvalue weighted by molar-refractivity contribution is -0.108. The van der Waals surface area contributed by atoms with Crippen molar-refractivity contribution >= 4 is 0 Å². The van der Waals surface area contributed by atoms with Crippen molar-refractivity contribution in [3.63, 3.8) is 0 Å². The summed E-state index contributed by atoms with van der Waals surface area (Å²) in [5.41, 5.74) is 7.65. The first-order chi connectivity index (χ1) is 12.3. The van der Waals surface area contributed by atoms with E-state index >= 15 is 0 Å². The molecule has 7 nitrogen and oxygen atoms in total. The maximum atomic E-state index is 6.28. The van der Waals surface area contributed by atoms with Crippen LogP contribution in [0.25, 0.3) is 0 Å². The average molecular weight is 356 g/mol. The Labute approximate surface area is 153 Å². The van der Waals surface area contributed by atoms with Crippen molar-refractivity contribution in [3.05, 3.63) is 29.1 Å². The third-order valence-corrected chi connectivity index (χ3v) is 6.10. The summed E-state index contributed by atoms with van der Waals surface area (Å²) >= 11 is 0. The summed E-state index contributed by atoms with van der Waals surface area (Å²) in [5, 5.41) is 13.8. The zero-order valence-corrected chi connectivity index (χ0v) is 16.1. The maximum absolute atomic E-state index is 6.28. The molecule has 2 aliphatic carbocycles. The van der Waals surface area contributed by atoms with E-state index in [1.807, 2.05) is 6.20 Å². The zero-order valence-electron chi connectivity index (χ0n) is 16.1. The van der Waals surface area contributed by atoms with Crippen molar-refractivity contribution < 1.29 is 4.74 Å². The van der Waals surface area contributed by atoms with Crippen LogP contribution in [0.5, 0.6) is 0 Å². The van der Waals surface area contributed by atoms with Gasteiger partial charge in [0.1, 0.15) is 18.0 Å². The molecule has 5 rings (SSSR count). The molecule has 3 heterocycles. The van der Waals surface area contributed by atoms with Crippen molar-refractivity contribution in [1.29, 1.82) is 0 Å². The summed E-state index contributed by atoms with van der Waals surface area (Å²) in [5.74, 6) is 2.60. The molecular weight excluding hydrogens is 328 g/mol. The Bertz CT molecular complexity index is 854. The van der Waals surface area contributed by atoms with E-state index in [0.29, 0.717) is 24.5 Å². The van der Waals surface area contributed by atoms with Crippen LogP contribution >= 0.6 is 0 Å².